The fourth-order valence-corrected chi connectivity index (χ4v) is 5.61. The van der Waals surface area contributed by atoms with Gasteiger partial charge in [-0.2, -0.15) is 0 Å². The summed E-state index contributed by atoms with van der Waals surface area (Å²) in [4.78, 5) is 31.5. The zero-order valence-corrected chi connectivity index (χ0v) is 22.5. The zero-order valence-electron chi connectivity index (χ0n) is 20.2. The van der Waals surface area contributed by atoms with Crippen LogP contribution in [0.15, 0.2) is 76.7 Å². The van der Waals surface area contributed by atoms with Crippen LogP contribution in [-0.2, 0) is 11.2 Å². The summed E-state index contributed by atoms with van der Waals surface area (Å²) >= 11 is 13.5. The number of rotatable bonds is 10. The summed E-state index contributed by atoms with van der Waals surface area (Å²) in [5.41, 5.74) is 1.65. The van der Waals surface area contributed by atoms with E-state index >= 15 is 0 Å². The highest BCUT2D eigenvalue weighted by Gasteiger charge is 2.23. The van der Waals surface area contributed by atoms with Crippen LogP contribution in [0.1, 0.15) is 31.7 Å². The number of nitrogens with one attached hydrogen (secondary N) is 1. The maximum Gasteiger partial charge on any atom is 0.266 e. The van der Waals surface area contributed by atoms with Gasteiger partial charge in [-0.05, 0) is 66.9 Å². The second kappa shape index (κ2) is 12.6. The number of nitrogens with zero attached hydrogens (tertiary/aromatic N) is 2. The monoisotopic (exact) mass is 557 g/mol. The molecular formula is C28H26Cl2FN3O2S. The summed E-state index contributed by atoms with van der Waals surface area (Å²) in [7, 11) is 0. The van der Waals surface area contributed by atoms with E-state index in [0.717, 1.165) is 18.4 Å². The molecule has 1 atom stereocenters. The average molecular weight is 559 g/mol. The molecule has 1 unspecified atom stereocenters. The molecule has 5 nitrogen and oxygen atoms in total. The zero-order chi connectivity index (χ0) is 26.4. The van der Waals surface area contributed by atoms with E-state index in [4.69, 9.17) is 28.2 Å². The predicted molar refractivity (Wildman–Crippen MR) is 150 cm³/mol. The minimum atomic E-state index is -0.472. The highest BCUT2D eigenvalue weighted by molar-refractivity contribution is 8.00. The van der Waals surface area contributed by atoms with Crippen molar-refractivity contribution in [1.82, 2.24) is 14.9 Å². The molecule has 1 heterocycles. The SMILES string of the molecule is CCCCC(Sc1nc2ccccc2c(=O)n1-c1ccc(F)cc1)C(=O)NCCc1ccc(Cl)cc1Cl. The minimum absolute atomic E-state index is 0.142. The fraction of sp³-hybridized carbons (Fsp3) is 0.250. The summed E-state index contributed by atoms with van der Waals surface area (Å²) in [5, 5.41) is 4.48. The number of unbranched alkanes of at least 4 members (excludes halogenated alkanes) is 1. The van der Waals surface area contributed by atoms with Crippen molar-refractivity contribution in [2.45, 2.75) is 43.0 Å². The highest BCUT2D eigenvalue weighted by Crippen LogP contribution is 2.28. The lowest BCUT2D eigenvalue weighted by atomic mass is 10.1. The van der Waals surface area contributed by atoms with Gasteiger partial charge in [0.1, 0.15) is 5.82 Å². The van der Waals surface area contributed by atoms with Gasteiger partial charge >= 0.3 is 0 Å². The van der Waals surface area contributed by atoms with Gasteiger partial charge in [0.2, 0.25) is 5.91 Å². The lowest BCUT2D eigenvalue weighted by molar-refractivity contribution is -0.120. The van der Waals surface area contributed by atoms with Crippen molar-refractivity contribution in [3.8, 4) is 5.69 Å². The van der Waals surface area contributed by atoms with Crippen LogP contribution in [0.2, 0.25) is 10.0 Å². The highest BCUT2D eigenvalue weighted by atomic mass is 35.5. The van der Waals surface area contributed by atoms with E-state index in [1.807, 2.05) is 12.1 Å². The van der Waals surface area contributed by atoms with Crippen LogP contribution in [0.4, 0.5) is 4.39 Å². The third-order valence-electron chi connectivity index (χ3n) is 5.90. The van der Waals surface area contributed by atoms with Crippen molar-refractivity contribution in [3.05, 3.63) is 98.5 Å². The number of carbonyl (C=O) groups is 1. The maximum atomic E-state index is 13.6. The van der Waals surface area contributed by atoms with Crippen molar-refractivity contribution in [3.63, 3.8) is 0 Å². The molecular weight excluding hydrogens is 532 g/mol. The third kappa shape index (κ3) is 6.72. The third-order valence-corrected chi connectivity index (χ3v) is 7.70. The molecule has 0 fully saturated rings. The quantitative estimate of drug-likeness (QED) is 0.171. The van der Waals surface area contributed by atoms with Crippen LogP contribution in [0, 0.1) is 5.82 Å². The number of fused-ring (bicyclic) bond motifs is 1. The number of amides is 1. The fourth-order valence-electron chi connectivity index (χ4n) is 3.93. The molecule has 0 saturated heterocycles. The number of para-hydroxylation sites is 1. The van der Waals surface area contributed by atoms with Gasteiger partial charge < -0.3 is 5.32 Å². The lowest BCUT2D eigenvalue weighted by Crippen LogP contribution is -2.35. The Balaban J connectivity index is 1.62. The predicted octanol–water partition coefficient (Wildman–Crippen LogP) is 6.84. The molecule has 1 amide bonds. The van der Waals surface area contributed by atoms with Gasteiger partial charge in [-0.3, -0.25) is 14.2 Å². The molecule has 37 heavy (non-hydrogen) atoms. The molecule has 0 spiro atoms. The Morgan fingerprint density at radius 1 is 1.11 bits per heavy atom. The maximum absolute atomic E-state index is 13.6. The Hall–Kier alpha value is -2.87. The summed E-state index contributed by atoms with van der Waals surface area (Å²) in [5.74, 6) is -0.544. The van der Waals surface area contributed by atoms with Crippen molar-refractivity contribution < 1.29 is 9.18 Å². The Morgan fingerprint density at radius 2 is 1.86 bits per heavy atom. The van der Waals surface area contributed by atoms with Gasteiger partial charge in [-0.25, -0.2) is 9.37 Å². The van der Waals surface area contributed by atoms with Crippen molar-refractivity contribution >= 4 is 51.8 Å². The Kier molecular flexibility index (Phi) is 9.24. The van der Waals surface area contributed by atoms with Crippen LogP contribution < -0.4 is 10.9 Å². The first-order chi connectivity index (χ1) is 17.9. The minimum Gasteiger partial charge on any atom is -0.355 e. The second-order valence-corrected chi connectivity index (χ2v) is 10.6. The van der Waals surface area contributed by atoms with Gasteiger partial charge in [0, 0.05) is 16.6 Å². The number of carbonyl (C=O) groups excluding carboxylic acids is 1. The summed E-state index contributed by atoms with van der Waals surface area (Å²) in [6.45, 7) is 2.46. The molecule has 3 aromatic carbocycles. The van der Waals surface area contributed by atoms with Crippen molar-refractivity contribution in [2.24, 2.45) is 0 Å². The van der Waals surface area contributed by atoms with E-state index in [-0.39, 0.29) is 11.5 Å². The van der Waals surface area contributed by atoms with E-state index < -0.39 is 11.1 Å². The second-order valence-electron chi connectivity index (χ2n) is 8.55. The molecule has 9 heteroatoms. The van der Waals surface area contributed by atoms with E-state index in [2.05, 4.69) is 12.2 Å². The number of aromatic nitrogens is 2. The van der Waals surface area contributed by atoms with Crippen LogP contribution in [-0.4, -0.2) is 27.3 Å². The largest absolute Gasteiger partial charge is 0.355 e. The number of hydrogen-bond acceptors (Lipinski definition) is 4. The van der Waals surface area contributed by atoms with Gasteiger partial charge in [0.25, 0.3) is 5.56 Å². The van der Waals surface area contributed by atoms with Crippen LogP contribution in [0.5, 0.6) is 0 Å². The molecule has 192 valence electrons. The smallest absolute Gasteiger partial charge is 0.266 e. The first-order valence-electron chi connectivity index (χ1n) is 12.0. The van der Waals surface area contributed by atoms with E-state index in [1.165, 1.54) is 40.6 Å². The van der Waals surface area contributed by atoms with E-state index in [9.17, 15) is 14.0 Å². The summed E-state index contributed by atoms with van der Waals surface area (Å²) in [6.07, 6.45) is 2.92. The molecule has 0 bridgehead atoms. The molecule has 4 aromatic rings. The van der Waals surface area contributed by atoms with Crippen LogP contribution in [0.3, 0.4) is 0 Å². The number of halogens is 3. The Labute approximate surface area is 229 Å². The molecule has 1 aromatic heterocycles. The van der Waals surface area contributed by atoms with Crippen LogP contribution >= 0.6 is 35.0 Å². The number of hydrogen-bond donors (Lipinski definition) is 1. The van der Waals surface area contributed by atoms with Crippen molar-refractivity contribution in [2.75, 3.05) is 6.54 Å². The van der Waals surface area contributed by atoms with Crippen molar-refractivity contribution in [1.29, 1.82) is 0 Å². The Morgan fingerprint density at radius 3 is 2.59 bits per heavy atom. The molecule has 4 rings (SSSR count). The molecule has 1 N–H and O–H groups in total. The molecule has 0 saturated carbocycles. The molecule has 0 aliphatic rings. The van der Waals surface area contributed by atoms with Gasteiger partial charge in [-0.1, -0.05) is 72.9 Å². The molecule has 0 aliphatic carbocycles. The van der Waals surface area contributed by atoms with E-state index in [0.29, 0.717) is 51.2 Å². The standard InChI is InChI=1S/C28H26Cl2FN3O2S/c1-2-3-8-25(26(35)32-16-15-18-9-10-19(29)17-23(18)30)37-28-33-24-7-5-4-6-22(24)27(36)34(28)21-13-11-20(31)12-14-21/h4-7,9-14,17,25H,2-3,8,15-16H2,1H3,(H,32,35). The topological polar surface area (TPSA) is 64.0 Å². The van der Waals surface area contributed by atoms with Gasteiger partial charge in [0.15, 0.2) is 5.16 Å². The first-order valence-corrected chi connectivity index (χ1v) is 13.7. The van der Waals surface area contributed by atoms with Gasteiger partial charge in [-0.15, -0.1) is 0 Å². The lowest BCUT2D eigenvalue weighted by Gasteiger charge is -2.19. The summed E-state index contributed by atoms with van der Waals surface area (Å²) in [6, 6.07) is 18.0. The molecule has 0 aliphatic heterocycles. The average Bonchev–Trinajstić information content (AvgIpc) is 2.88. The number of benzene rings is 3. The molecule has 0 radical (unpaired) electrons. The first kappa shape index (κ1) is 27.2. The van der Waals surface area contributed by atoms with E-state index in [1.54, 1.807) is 30.3 Å². The number of thioether (sulfide) groups is 1. The van der Waals surface area contributed by atoms with Crippen LogP contribution in [0.25, 0.3) is 16.6 Å². The summed E-state index contributed by atoms with van der Waals surface area (Å²) < 4.78 is 15.1. The van der Waals surface area contributed by atoms with Gasteiger partial charge in [0.05, 0.1) is 21.8 Å². The Bertz CT molecular complexity index is 1460. The normalized spacial score (nSPS) is 12.0.